The molecule has 104 valence electrons. The van der Waals surface area contributed by atoms with Gasteiger partial charge in [0, 0.05) is 3.57 Å². The highest BCUT2D eigenvalue weighted by Crippen LogP contribution is 2.20. The molecule has 0 aliphatic carbocycles. The third kappa shape index (κ3) is 4.09. The Labute approximate surface area is 125 Å². The maximum absolute atomic E-state index is 12.0. The quantitative estimate of drug-likeness (QED) is 0.687. The minimum Gasteiger partial charge on any atom is -0.507 e. The first kappa shape index (κ1) is 15.7. The molecule has 3 N–H and O–H groups in total. The van der Waals surface area contributed by atoms with Crippen LogP contribution < -0.4 is 5.32 Å². The number of rotatable bonds is 5. The van der Waals surface area contributed by atoms with Crippen molar-refractivity contribution in [3.8, 4) is 5.75 Å². The molecule has 1 aromatic carbocycles. The Balaban J connectivity index is 2.94. The number of hydrogen-bond acceptors (Lipinski definition) is 3. The second kappa shape index (κ2) is 6.74. The van der Waals surface area contributed by atoms with Crippen molar-refractivity contribution in [1.29, 1.82) is 0 Å². The molecule has 1 amide bonds. The van der Waals surface area contributed by atoms with Gasteiger partial charge in [-0.3, -0.25) is 4.79 Å². The SMILES string of the molecule is CC[C@H](C)[C@H](NC(=O)c1cc(I)ccc1O)C(=O)O. The van der Waals surface area contributed by atoms with Gasteiger partial charge in [0.05, 0.1) is 5.56 Å². The summed E-state index contributed by atoms with van der Waals surface area (Å²) in [6, 6.07) is 3.63. The molecule has 0 saturated carbocycles. The molecule has 6 heteroatoms. The molecule has 0 saturated heterocycles. The number of phenolic OH excluding ortho intramolecular Hbond substituents is 1. The Kier molecular flexibility index (Phi) is 5.59. The van der Waals surface area contributed by atoms with Crippen molar-refractivity contribution in [1.82, 2.24) is 5.32 Å². The highest BCUT2D eigenvalue weighted by molar-refractivity contribution is 14.1. The van der Waals surface area contributed by atoms with Gasteiger partial charge in [-0.15, -0.1) is 0 Å². The number of halogens is 1. The van der Waals surface area contributed by atoms with Gasteiger partial charge in [0.2, 0.25) is 0 Å². The number of nitrogens with one attached hydrogen (secondary N) is 1. The van der Waals surface area contributed by atoms with Gasteiger partial charge >= 0.3 is 5.97 Å². The van der Waals surface area contributed by atoms with Crippen LogP contribution >= 0.6 is 22.6 Å². The third-order valence-corrected chi connectivity index (χ3v) is 3.64. The van der Waals surface area contributed by atoms with Crippen molar-refractivity contribution in [2.75, 3.05) is 0 Å². The molecule has 5 nitrogen and oxygen atoms in total. The largest absolute Gasteiger partial charge is 0.507 e. The van der Waals surface area contributed by atoms with Crippen LogP contribution in [0.5, 0.6) is 5.75 Å². The first-order valence-corrected chi connectivity index (χ1v) is 6.96. The summed E-state index contributed by atoms with van der Waals surface area (Å²) in [5.41, 5.74) is 0.0847. The number of hydrogen-bond donors (Lipinski definition) is 3. The van der Waals surface area contributed by atoms with Gasteiger partial charge in [0.25, 0.3) is 5.91 Å². The van der Waals surface area contributed by atoms with Crippen LogP contribution in [0, 0.1) is 9.49 Å². The summed E-state index contributed by atoms with van der Waals surface area (Å²) in [7, 11) is 0. The summed E-state index contributed by atoms with van der Waals surface area (Å²) in [5, 5.41) is 21.2. The molecule has 19 heavy (non-hydrogen) atoms. The standard InChI is InChI=1S/C13H16INO4/c1-3-7(2)11(13(18)19)15-12(17)9-6-8(14)4-5-10(9)16/h4-7,11,16H,3H2,1-2H3,(H,15,17)(H,18,19)/t7-,11-/m0/s1. The lowest BCUT2D eigenvalue weighted by Crippen LogP contribution is -2.45. The number of benzene rings is 1. The Morgan fingerprint density at radius 1 is 1.42 bits per heavy atom. The van der Waals surface area contributed by atoms with E-state index >= 15 is 0 Å². The molecule has 1 aromatic rings. The second-order valence-corrected chi connectivity index (χ2v) is 5.58. The van der Waals surface area contributed by atoms with E-state index in [4.69, 9.17) is 5.11 Å². The van der Waals surface area contributed by atoms with Crippen LogP contribution in [0.4, 0.5) is 0 Å². The van der Waals surface area contributed by atoms with Gasteiger partial charge in [0.15, 0.2) is 0 Å². The van der Waals surface area contributed by atoms with Crippen LogP contribution in [0.1, 0.15) is 30.6 Å². The minimum atomic E-state index is -1.08. The van der Waals surface area contributed by atoms with Crippen LogP contribution in [0.3, 0.4) is 0 Å². The number of carbonyl (C=O) groups is 2. The van der Waals surface area contributed by atoms with Crippen LogP contribution in [0.25, 0.3) is 0 Å². The minimum absolute atomic E-state index is 0.0847. The number of phenols is 1. The van der Waals surface area contributed by atoms with E-state index in [9.17, 15) is 14.7 Å². The lowest BCUT2D eigenvalue weighted by atomic mass is 9.99. The van der Waals surface area contributed by atoms with Gasteiger partial charge in [-0.1, -0.05) is 20.3 Å². The molecule has 0 aliphatic heterocycles. The number of aromatic hydroxyl groups is 1. The number of aliphatic carboxylic acids is 1. The molecule has 0 heterocycles. The van der Waals surface area contributed by atoms with Crippen molar-refractivity contribution in [3.63, 3.8) is 0 Å². The van der Waals surface area contributed by atoms with Crippen molar-refractivity contribution in [2.24, 2.45) is 5.92 Å². The normalized spacial score (nSPS) is 13.6. The Morgan fingerprint density at radius 2 is 2.05 bits per heavy atom. The molecule has 0 aliphatic rings. The third-order valence-electron chi connectivity index (χ3n) is 2.97. The molecule has 0 unspecified atom stereocenters. The van der Waals surface area contributed by atoms with Gasteiger partial charge in [-0.2, -0.15) is 0 Å². The van der Waals surface area contributed by atoms with Crippen LogP contribution in [-0.2, 0) is 4.79 Å². The van der Waals surface area contributed by atoms with Crippen molar-refractivity contribution < 1.29 is 19.8 Å². The van der Waals surface area contributed by atoms with E-state index in [0.717, 1.165) is 3.57 Å². The van der Waals surface area contributed by atoms with E-state index in [2.05, 4.69) is 5.32 Å². The Bertz CT molecular complexity index is 490. The van der Waals surface area contributed by atoms with Gasteiger partial charge < -0.3 is 15.5 Å². The molecule has 0 spiro atoms. The molecule has 0 radical (unpaired) electrons. The van der Waals surface area contributed by atoms with Crippen LogP contribution in [0.15, 0.2) is 18.2 Å². The second-order valence-electron chi connectivity index (χ2n) is 4.34. The predicted octanol–water partition coefficient (Wildman–Crippen LogP) is 2.23. The summed E-state index contributed by atoms with van der Waals surface area (Å²) >= 11 is 2.02. The van der Waals surface area contributed by atoms with Gasteiger partial charge in [0.1, 0.15) is 11.8 Å². The smallest absolute Gasteiger partial charge is 0.326 e. The van der Waals surface area contributed by atoms with E-state index in [0.29, 0.717) is 6.42 Å². The summed E-state index contributed by atoms with van der Waals surface area (Å²) in [6.45, 7) is 3.61. The summed E-state index contributed by atoms with van der Waals surface area (Å²) in [4.78, 5) is 23.2. The van der Waals surface area contributed by atoms with Crippen molar-refractivity contribution in [2.45, 2.75) is 26.3 Å². The average molecular weight is 377 g/mol. The number of carboxylic acid groups (broad SMARTS) is 1. The molecule has 0 aromatic heterocycles. The van der Waals surface area contributed by atoms with E-state index in [1.165, 1.54) is 12.1 Å². The van der Waals surface area contributed by atoms with Crippen molar-refractivity contribution >= 4 is 34.5 Å². The topological polar surface area (TPSA) is 86.6 Å². The monoisotopic (exact) mass is 377 g/mol. The Morgan fingerprint density at radius 3 is 2.58 bits per heavy atom. The molecule has 1 rings (SSSR count). The fourth-order valence-corrected chi connectivity index (χ4v) is 2.08. The zero-order valence-electron chi connectivity index (χ0n) is 10.7. The highest BCUT2D eigenvalue weighted by Gasteiger charge is 2.26. The zero-order valence-corrected chi connectivity index (χ0v) is 12.8. The number of carbonyl (C=O) groups excluding carboxylic acids is 1. The summed E-state index contributed by atoms with van der Waals surface area (Å²) < 4.78 is 0.788. The van der Waals surface area contributed by atoms with E-state index < -0.39 is 17.9 Å². The lowest BCUT2D eigenvalue weighted by molar-refractivity contribution is -0.140. The van der Waals surface area contributed by atoms with E-state index in [1.54, 1.807) is 13.0 Å². The predicted molar refractivity (Wildman–Crippen MR) is 79.2 cm³/mol. The summed E-state index contributed by atoms with van der Waals surface area (Å²) in [5.74, 6) is -2.01. The van der Waals surface area contributed by atoms with Crippen LogP contribution in [0.2, 0.25) is 0 Å². The van der Waals surface area contributed by atoms with Crippen molar-refractivity contribution in [3.05, 3.63) is 27.3 Å². The Hall–Kier alpha value is -1.31. The molecule has 2 atom stereocenters. The van der Waals surface area contributed by atoms with Crippen LogP contribution in [-0.4, -0.2) is 28.1 Å². The van der Waals surface area contributed by atoms with Gasteiger partial charge in [-0.25, -0.2) is 4.79 Å². The molecular formula is C13H16INO4. The van der Waals surface area contributed by atoms with Gasteiger partial charge in [-0.05, 0) is 46.7 Å². The maximum atomic E-state index is 12.0. The maximum Gasteiger partial charge on any atom is 0.326 e. The highest BCUT2D eigenvalue weighted by atomic mass is 127. The van der Waals surface area contributed by atoms with E-state index in [-0.39, 0.29) is 17.2 Å². The fourth-order valence-electron chi connectivity index (χ4n) is 1.59. The fraction of sp³-hybridized carbons (Fsp3) is 0.385. The first-order chi connectivity index (χ1) is 8.86. The molecule has 0 fully saturated rings. The molecule has 0 bridgehead atoms. The summed E-state index contributed by atoms with van der Waals surface area (Å²) in [6.07, 6.45) is 0.634. The molecular weight excluding hydrogens is 361 g/mol. The zero-order chi connectivity index (χ0) is 14.6. The average Bonchev–Trinajstić information content (AvgIpc) is 2.37. The van der Waals surface area contributed by atoms with E-state index in [1.807, 2.05) is 29.5 Å². The number of carboxylic acids is 1. The first-order valence-electron chi connectivity index (χ1n) is 5.89. The lowest BCUT2D eigenvalue weighted by Gasteiger charge is -2.20. The number of amides is 1.